The van der Waals surface area contributed by atoms with Crippen LogP contribution in [0.3, 0.4) is 0 Å². The summed E-state index contributed by atoms with van der Waals surface area (Å²) in [5.74, 6) is 0. The Morgan fingerprint density at radius 1 is 0.857 bits per heavy atom. The molecule has 2 aromatic carbocycles. The predicted molar refractivity (Wildman–Crippen MR) is 76.1 cm³/mol. The van der Waals surface area contributed by atoms with Crippen molar-refractivity contribution in [3.63, 3.8) is 0 Å². The lowest BCUT2D eigenvalue weighted by molar-refractivity contribution is 0.588. The van der Waals surface area contributed by atoms with E-state index in [9.17, 15) is 16.8 Å². The average Bonchev–Trinajstić information content (AvgIpc) is 2.46. The normalized spacial score (nSPS) is 11.8. The number of hydrogen-bond donors (Lipinski definition) is 0. The highest BCUT2D eigenvalue weighted by molar-refractivity contribution is 8.14. The van der Waals surface area contributed by atoms with Crippen LogP contribution in [0.1, 0.15) is 5.56 Å². The van der Waals surface area contributed by atoms with E-state index >= 15 is 0 Å². The van der Waals surface area contributed by atoms with Crippen LogP contribution < -0.4 is 0 Å². The third-order valence-electron chi connectivity index (χ3n) is 2.70. The first-order chi connectivity index (χ1) is 9.76. The van der Waals surface area contributed by atoms with E-state index < -0.39 is 28.7 Å². The van der Waals surface area contributed by atoms with Crippen molar-refractivity contribution in [1.82, 2.24) is 0 Å². The van der Waals surface area contributed by atoms with Crippen LogP contribution in [-0.4, -0.2) is 16.8 Å². The summed E-state index contributed by atoms with van der Waals surface area (Å²) in [4.78, 5) is -0.991. The second-order valence-electron chi connectivity index (χ2n) is 4.02. The predicted octanol–water partition coefficient (Wildman–Crippen LogP) is 2.32. The Labute approximate surface area is 126 Å². The maximum atomic E-state index is 12.5. The first kappa shape index (κ1) is 15.5. The molecule has 0 aromatic heterocycles. The summed E-state index contributed by atoms with van der Waals surface area (Å²) in [6.07, 6.45) is 0. The van der Waals surface area contributed by atoms with Crippen molar-refractivity contribution >= 4 is 29.6 Å². The van der Waals surface area contributed by atoms with Crippen LogP contribution >= 0.6 is 10.7 Å². The first-order valence-electron chi connectivity index (χ1n) is 5.56. The molecule has 0 heterocycles. The quantitative estimate of drug-likeness (QED) is 0.799. The Morgan fingerprint density at radius 3 is 1.86 bits per heavy atom. The van der Waals surface area contributed by atoms with E-state index in [0.717, 1.165) is 6.07 Å². The van der Waals surface area contributed by atoms with Gasteiger partial charge in [-0.15, -0.1) is 0 Å². The Hall–Kier alpha value is -1.88. The highest BCUT2D eigenvalue weighted by atomic mass is 35.7. The molecule has 0 bridgehead atoms. The van der Waals surface area contributed by atoms with E-state index in [1.165, 1.54) is 42.5 Å². The molecule has 8 heteroatoms. The third-order valence-corrected chi connectivity index (χ3v) is 6.03. The minimum Gasteiger partial charge on any atom is -0.218 e. The van der Waals surface area contributed by atoms with E-state index in [0.29, 0.717) is 5.56 Å². The van der Waals surface area contributed by atoms with Crippen molar-refractivity contribution in [2.24, 2.45) is 0 Å². The molecule has 0 radical (unpaired) electrons. The largest absolute Gasteiger partial charge is 0.262 e. The maximum Gasteiger partial charge on any atom is 0.262 e. The van der Waals surface area contributed by atoms with Gasteiger partial charge >= 0.3 is 0 Å². The van der Waals surface area contributed by atoms with Gasteiger partial charge in [0.15, 0.2) is 0 Å². The lowest BCUT2D eigenvalue weighted by Crippen LogP contribution is -2.07. The molecule has 0 saturated carbocycles. The van der Waals surface area contributed by atoms with Gasteiger partial charge in [0.1, 0.15) is 4.90 Å². The SMILES string of the molecule is N#Cc1ccc(S(=O)(=O)c2ccccc2S(=O)(=O)Cl)cc1. The molecule has 0 fully saturated rings. The lowest BCUT2D eigenvalue weighted by Gasteiger charge is -2.08. The molecule has 0 aliphatic carbocycles. The lowest BCUT2D eigenvalue weighted by atomic mass is 10.2. The van der Waals surface area contributed by atoms with Gasteiger partial charge in [0.05, 0.1) is 21.4 Å². The molecule has 0 spiro atoms. The molecular formula is C13H8ClNO4S2. The Morgan fingerprint density at radius 2 is 1.38 bits per heavy atom. The molecule has 2 rings (SSSR count). The number of hydrogen-bond acceptors (Lipinski definition) is 5. The van der Waals surface area contributed by atoms with Gasteiger partial charge in [0.25, 0.3) is 9.05 Å². The number of nitrogens with zero attached hydrogens (tertiary/aromatic N) is 1. The van der Waals surface area contributed by atoms with Crippen LogP contribution in [0.25, 0.3) is 0 Å². The number of rotatable bonds is 3. The van der Waals surface area contributed by atoms with Crippen molar-refractivity contribution in [3.05, 3.63) is 54.1 Å². The van der Waals surface area contributed by atoms with Crippen LogP contribution in [0.2, 0.25) is 0 Å². The number of nitriles is 1. The molecule has 5 nitrogen and oxygen atoms in total. The zero-order valence-electron chi connectivity index (χ0n) is 10.4. The number of halogens is 1. The van der Waals surface area contributed by atoms with Gasteiger partial charge in [-0.2, -0.15) is 5.26 Å². The van der Waals surface area contributed by atoms with Crippen molar-refractivity contribution < 1.29 is 16.8 Å². The van der Waals surface area contributed by atoms with Crippen molar-refractivity contribution in [3.8, 4) is 6.07 Å². The molecule has 0 amide bonds. The van der Waals surface area contributed by atoms with Gasteiger partial charge in [0.2, 0.25) is 9.84 Å². The van der Waals surface area contributed by atoms with Gasteiger partial charge in [-0.05, 0) is 36.4 Å². The van der Waals surface area contributed by atoms with Crippen molar-refractivity contribution in [2.75, 3.05) is 0 Å². The Balaban J connectivity index is 2.68. The fourth-order valence-electron chi connectivity index (χ4n) is 1.71. The van der Waals surface area contributed by atoms with Crippen LogP contribution in [-0.2, 0) is 18.9 Å². The summed E-state index contributed by atoms with van der Waals surface area (Å²) in [5, 5.41) is 8.70. The van der Waals surface area contributed by atoms with Crippen LogP contribution in [0, 0.1) is 11.3 Å². The molecule has 0 N–H and O–H groups in total. The Bertz CT molecular complexity index is 927. The van der Waals surface area contributed by atoms with Gasteiger partial charge in [-0.25, -0.2) is 16.8 Å². The second kappa shape index (κ2) is 5.48. The third kappa shape index (κ3) is 3.08. The minimum atomic E-state index is -4.20. The molecule has 0 saturated heterocycles. The van der Waals surface area contributed by atoms with Crippen LogP contribution in [0.4, 0.5) is 0 Å². The highest BCUT2D eigenvalue weighted by Gasteiger charge is 2.26. The van der Waals surface area contributed by atoms with Crippen molar-refractivity contribution in [2.45, 2.75) is 14.7 Å². The summed E-state index contributed by atoms with van der Waals surface area (Å²) in [6.45, 7) is 0. The summed E-state index contributed by atoms with van der Waals surface area (Å²) < 4.78 is 48.0. The van der Waals surface area contributed by atoms with E-state index in [1.54, 1.807) is 0 Å². The molecule has 0 aliphatic rings. The molecule has 2 aromatic rings. The standard InChI is InChI=1S/C13H8ClNO4S2/c14-21(18,19)13-4-2-1-3-12(13)20(16,17)11-7-5-10(9-15)6-8-11/h1-8H. The fourth-order valence-corrected chi connectivity index (χ4v) is 4.80. The highest BCUT2D eigenvalue weighted by Crippen LogP contribution is 2.29. The zero-order valence-corrected chi connectivity index (χ0v) is 12.8. The van der Waals surface area contributed by atoms with Crippen LogP contribution in [0.15, 0.2) is 63.2 Å². The topological polar surface area (TPSA) is 92.1 Å². The molecule has 21 heavy (non-hydrogen) atoms. The fraction of sp³-hybridized carbons (Fsp3) is 0. The second-order valence-corrected chi connectivity index (χ2v) is 8.48. The Kier molecular flexibility index (Phi) is 4.05. The van der Waals surface area contributed by atoms with E-state index in [-0.39, 0.29) is 4.90 Å². The summed E-state index contributed by atoms with van der Waals surface area (Å²) in [7, 11) is -2.98. The molecule has 108 valence electrons. The summed E-state index contributed by atoms with van der Waals surface area (Å²) in [5.41, 5.74) is 0.298. The summed E-state index contributed by atoms with van der Waals surface area (Å²) in [6, 6.07) is 12.1. The van der Waals surface area contributed by atoms with Gasteiger partial charge in [-0.3, -0.25) is 0 Å². The zero-order chi connectivity index (χ0) is 15.7. The average molecular weight is 342 g/mol. The van der Waals surface area contributed by atoms with Gasteiger partial charge in [-0.1, -0.05) is 12.1 Å². The minimum absolute atomic E-state index is 0.116. The van der Waals surface area contributed by atoms with E-state index in [1.807, 2.05) is 6.07 Å². The van der Waals surface area contributed by atoms with E-state index in [4.69, 9.17) is 15.9 Å². The van der Waals surface area contributed by atoms with Crippen molar-refractivity contribution in [1.29, 1.82) is 5.26 Å². The molecular weight excluding hydrogens is 334 g/mol. The first-order valence-corrected chi connectivity index (χ1v) is 9.35. The maximum absolute atomic E-state index is 12.5. The molecule has 0 aliphatic heterocycles. The molecule has 0 atom stereocenters. The van der Waals surface area contributed by atoms with Gasteiger partial charge in [0, 0.05) is 10.7 Å². The van der Waals surface area contributed by atoms with Crippen LogP contribution in [0.5, 0.6) is 0 Å². The smallest absolute Gasteiger partial charge is 0.218 e. The molecule has 0 unspecified atom stereocenters. The monoisotopic (exact) mass is 341 g/mol. The number of sulfone groups is 1. The number of benzene rings is 2. The summed E-state index contributed by atoms with van der Waals surface area (Å²) >= 11 is 0. The van der Waals surface area contributed by atoms with E-state index in [2.05, 4.69) is 0 Å². The van der Waals surface area contributed by atoms with Gasteiger partial charge < -0.3 is 0 Å².